The molecule has 0 aromatic heterocycles. The number of rotatable bonds is 11. The third-order valence-corrected chi connectivity index (χ3v) is 5.29. The van der Waals surface area contributed by atoms with Crippen LogP contribution in [0.25, 0.3) is 0 Å². The quantitative estimate of drug-likeness (QED) is 0.398. The molecule has 0 aromatic carbocycles. The van der Waals surface area contributed by atoms with E-state index in [0.29, 0.717) is 6.42 Å². The van der Waals surface area contributed by atoms with Crippen LogP contribution in [-0.2, 0) is 0 Å². The van der Waals surface area contributed by atoms with Crippen LogP contribution in [0.4, 0.5) is 8.78 Å². The van der Waals surface area contributed by atoms with Gasteiger partial charge in [0.15, 0.2) is 0 Å². The second-order valence-corrected chi connectivity index (χ2v) is 7.50. The number of nitrogens with zero attached hydrogens (tertiary/aromatic N) is 1. The summed E-state index contributed by atoms with van der Waals surface area (Å²) in [5, 5.41) is 0. The number of unbranched alkanes of at least 4 members (excludes halogenated alkanes) is 6. The number of hydrogen-bond donors (Lipinski definition) is 0. The van der Waals surface area contributed by atoms with Gasteiger partial charge in [-0.1, -0.05) is 65.2 Å². The fourth-order valence-electron chi connectivity index (χ4n) is 3.73. The van der Waals surface area contributed by atoms with E-state index in [2.05, 4.69) is 25.7 Å². The van der Waals surface area contributed by atoms with E-state index in [-0.39, 0.29) is 18.5 Å². The maximum Gasteiger partial charge on any atom is 0.260 e. The van der Waals surface area contributed by atoms with Gasteiger partial charge < -0.3 is 0 Å². The summed E-state index contributed by atoms with van der Waals surface area (Å²) >= 11 is 0. The van der Waals surface area contributed by atoms with Gasteiger partial charge in [-0.15, -0.1) is 0 Å². The maximum absolute atomic E-state index is 13.8. The molecule has 1 aliphatic rings. The van der Waals surface area contributed by atoms with Gasteiger partial charge in [-0.3, -0.25) is 4.90 Å². The van der Waals surface area contributed by atoms with Gasteiger partial charge >= 0.3 is 0 Å². The van der Waals surface area contributed by atoms with E-state index in [0.717, 1.165) is 19.4 Å². The molecule has 132 valence electrons. The lowest BCUT2D eigenvalue weighted by atomic mass is 9.84. The minimum absolute atomic E-state index is 0.0225. The standard InChI is InChI=1S/C19H37F2N/c1-4-6-8-10-13-18(3,14-11-9-7-5-2)22-16-12-15-19(20,21)17-22/h4-17H2,1-3H3. The Morgan fingerprint density at radius 3 is 1.91 bits per heavy atom. The van der Waals surface area contributed by atoms with Gasteiger partial charge in [0, 0.05) is 12.0 Å². The van der Waals surface area contributed by atoms with Crippen molar-refractivity contribution < 1.29 is 8.78 Å². The summed E-state index contributed by atoms with van der Waals surface area (Å²) in [7, 11) is 0. The molecule has 1 saturated heterocycles. The summed E-state index contributed by atoms with van der Waals surface area (Å²) in [6, 6.07) is 0. The van der Waals surface area contributed by atoms with Crippen LogP contribution in [0.3, 0.4) is 0 Å². The molecule has 0 aliphatic carbocycles. The molecule has 3 heteroatoms. The largest absolute Gasteiger partial charge is 0.292 e. The highest BCUT2D eigenvalue weighted by molar-refractivity contribution is 4.92. The van der Waals surface area contributed by atoms with E-state index in [9.17, 15) is 8.78 Å². The molecule has 1 rings (SSSR count). The topological polar surface area (TPSA) is 3.24 Å². The van der Waals surface area contributed by atoms with Crippen LogP contribution in [-0.4, -0.2) is 29.5 Å². The van der Waals surface area contributed by atoms with Gasteiger partial charge in [-0.2, -0.15) is 0 Å². The van der Waals surface area contributed by atoms with Gasteiger partial charge in [0.2, 0.25) is 0 Å². The highest BCUT2D eigenvalue weighted by Crippen LogP contribution is 2.36. The smallest absolute Gasteiger partial charge is 0.260 e. The van der Waals surface area contributed by atoms with E-state index in [4.69, 9.17) is 0 Å². The van der Waals surface area contributed by atoms with Crippen LogP contribution < -0.4 is 0 Å². The number of alkyl halides is 2. The number of likely N-dealkylation sites (tertiary alicyclic amines) is 1. The van der Waals surface area contributed by atoms with Crippen molar-refractivity contribution in [1.29, 1.82) is 0 Å². The Kier molecular flexibility index (Phi) is 8.89. The Balaban J connectivity index is 2.58. The number of halogens is 2. The van der Waals surface area contributed by atoms with Crippen molar-refractivity contribution >= 4 is 0 Å². The minimum atomic E-state index is -2.48. The SMILES string of the molecule is CCCCCCC(C)(CCCCCC)N1CCCC(F)(F)C1. The normalized spacial score (nSPS) is 19.5. The lowest BCUT2D eigenvalue weighted by Gasteiger charge is -2.46. The molecule has 1 heterocycles. The lowest BCUT2D eigenvalue weighted by molar-refractivity contribution is -0.0961. The molecule has 0 N–H and O–H groups in total. The molecule has 0 amide bonds. The second-order valence-electron chi connectivity index (χ2n) is 7.50. The highest BCUT2D eigenvalue weighted by Gasteiger charge is 2.41. The monoisotopic (exact) mass is 317 g/mol. The van der Waals surface area contributed by atoms with Crippen molar-refractivity contribution in [3.63, 3.8) is 0 Å². The highest BCUT2D eigenvalue weighted by atomic mass is 19.3. The molecule has 1 aliphatic heterocycles. The van der Waals surface area contributed by atoms with Crippen LogP contribution >= 0.6 is 0 Å². The molecule has 1 nitrogen and oxygen atoms in total. The Labute approximate surface area is 136 Å². The van der Waals surface area contributed by atoms with Crippen LogP contribution in [0, 0.1) is 0 Å². The van der Waals surface area contributed by atoms with Crippen LogP contribution in [0.2, 0.25) is 0 Å². The van der Waals surface area contributed by atoms with Crippen molar-refractivity contribution in [1.82, 2.24) is 4.90 Å². The van der Waals surface area contributed by atoms with Crippen molar-refractivity contribution in [2.75, 3.05) is 13.1 Å². The zero-order valence-corrected chi connectivity index (χ0v) is 15.1. The molecule has 0 bridgehead atoms. The Morgan fingerprint density at radius 1 is 0.909 bits per heavy atom. The summed E-state index contributed by atoms with van der Waals surface area (Å²) in [6.45, 7) is 7.51. The summed E-state index contributed by atoms with van der Waals surface area (Å²) < 4.78 is 27.7. The third kappa shape index (κ3) is 6.93. The summed E-state index contributed by atoms with van der Waals surface area (Å²) in [5.74, 6) is -2.48. The first-order valence-electron chi connectivity index (χ1n) is 9.56. The molecule has 0 aromatic rings. The number of piperidine rings is 1. The molecule has 1 fully saturated rings. The van der Waals surface area contributed by atoms with Gasteiger partial charge in [0.25, 0.3) is 5.92 Å². The summed E-state index contributed by atoms with van der Waals surface area (Å²) in [4.78, 5) is 2.12. The van der Waals surface area contributed by atoms with Crippen molar-refractivity contribution in [3.8, 4) is 0 Å². The Bertz CT molecular complexity index is 279. The molecule has 0 saturated carbocycles. The van der Waals surface area contributed by atoms with Crippen molar-refractivity contribution in [2.45, 2.75) is 109 Å². The van der Waals surface area contributed by atoms with E-state index in [1.54, 1.807) is 0 Å². The van der Waals surface area contributed by atoms with Crippen LogP contribution in [0.1, 0.15) is 97.8 Å². The minimum Gasteiger partial charge on any atom is -0.292 e. The predicted molar refractivity (Wildman–Crippen MR) is 91.7 cm³/mol. The first-order chi connectivity index (χ1) is 10.4. The first-order valence-corrected chi connectivity index (χ1v) is 9.56. The third-order valence-electron chi connectivity index (χ3n) is 5.29. The van der Waals surface area contributed by atoms with Gasteiger partial charge in [-0.05, 0) is 32.7 Å². The number of hydrogen-bond acceptors (Lipinski definition) is 1. The zero-order valence-electron chi connectivity index (χ0n) is 15.1. The Hall–Kier alpha value is -0.180. The maximum atomic E-state index is 13.8. The van der Waals surface area contributed by atoms with Gasteiger partial charge in [0.05, 0.1) is 6.54 Å². The fourth-order valence-corrected chi connectivity index (χ4v) is 3.73. The molecule has 0 unspecified atom stereocenters. The average molecular weight is 318 g/mol. The molecule has 0 spiro atoms. The van der Waals surface area contributed by atoms with E-state index >= 15 is 0 Å². The van der Waals surface area contributed by atoms with Gasteiger partial charge in [-0.25, -0.2) is 8.78 Å². The van der Waals surface area contributed by atoms with Gasteiger partial charge in [0.1, 0.15) is 0 Å². The van der Waals surface area contributed by atoms with E-state index < -0.39 is 5.92 Å². The first kappa shape index (κ1) is 19.9. The zero-order chi connectivity index (χ0) is 16.5. The molecular weight excluding hydrogens is 280 g/mol. The molecule has 22 heavy (non-hydrogen) atoms. The molecule has 0 radical (unpaired) electrons. The van der Waals surface area contributed by atoms with Crippen molar-refractivity contribution in [2.24, 2.45) is 0 Å². The van der Waals surface area contributed by atoms with Crippen LogP contribution in [0.15, 0.2) is 0 Å². The fraction of sp³-hybridized carbons (Fsp3) is 1.00. The van der Waals surface area contributed by atoms with Crippen molar-refractivity contribution in [3.05, 3.63) is 0 Å². The van der Waals surface area contributed by atoms with E-state index in [1.807, 2.05) is 0 Å². The summed E-state index contributed by atoms with van der Waals surface area (Å²) in [5.41, 5.74) is -0.0225. The lowest BCUT2D eigenvalue weighted by Crippen LogP contribution is -2.54. The Morgan fingerprint density at radius 2 is 1.45 bits per heavy atom. The average Bonchev–Trinajstić information content (AvgIpc) is 2.47. The van der Waals surface area contributed by atoms with Crippen LogP contribution in [0.5, 0.6) is 0 Å². The second kappa shape index (κ2) is 9.85. The molecular formula is C19H37F2N. The molecule has 0 atom stereocenters. The van der Waals surface area contributed by atoms with E-state index in [1.165, 1.54) is 51.4 Å². The summed E-state index contributed by atoms with van der Waals surface area (Å²) in [6.07, 6.45) is 12.7. The predicted octanol–water partition coefficient (Wildman–Crippen LogP) is 6.42.